The SMILES string of the molecule is CCc1nn(C)cc1NCc1ccc([Si](C)(C)C)cc1. The van der Waals surface area contributed by atoms with E-state index in [1.165, 1.54) is 10.8 Å². The van der Waals surface area contributed by atoms with E-state index in [9.17, 15) is 0 Å². The van der Waals surface area contributed by atoms with Gasteiger partial charge in [0.25, 0.3) is 0 Å². The van der Waals surface area contributed by atoms with Gasteiger partial charge in [-0.25, -0.2) is 0 Å². The van der Waals surface area contributed by atoms with Gasteiger partial charge >= 0.3 is 0 Å². The van der Waals surface area contributed by atoms with Crippen molar-refractivity contribution in [1.29, 1.82) is 0 Å². The minimum atomic E-state index is -1.19. The fraction of sp³-hybridized carbons (Fsp3) is 0.438. The van der Waals surface area contributed by atoms with Crippen LogP contribution in [-0.4, -0.2) is 17.9 Å². The van der Waals surface area contributed by atoms with E-state index in [1.54, 1.807) is 0 Å². The second-order valence-corrected chi connectivity index (χ2v) is 11.4. The number of hydrogen-bond acceptors (Lipinski definition) is 2. The number of aryl methyl sites for hydroxylation is 2. The van der Waals surface area contributed by atoms with Crippen molar-refractivity contribution in [1.82, 2.24) is 9.78 Å². The highest BCUT2D eigenvalue weighted by Gasteiger charge is 2.15. The lowest BCUT2D eigenvalue weighted by molar-refractivity contribution is 0.746. The number of rotatable bonds is 5. The minimum Gasteiger partial charge on any atom is -0.378 e. The summed E-state index contributed by atoms with van der Waals surface area (Å²) in [5.41, 5.74) is 3.59. The molecule has 0 aliphatic heterocycles. The minimum absolute atomic E-state index is 0.852. The molecule has 0 spiro atoms. The van der Waals surface area contributed by atoms with Gasteiger partial charge in [0.15, 0.2) is 0 Å². The second-order valence-electron chi connectivity index (χ2n) is 6.32. The first kappa shape index (κ1) is 14.8. The summed E-state index contributed by atoms with van der Waals surface area (Å²) < 4.78 is 1.87. The van der Waals surface area contributed by atoms with Crippen molar-refractivity contribution < 1.29 is 0 Å². The number of nitrogens with zero attached hydrogens (tertiary/aromatic N) is 2. The van der Waals surface area contributed by atoms with E-state index < -0.39 is 8.07 Å². The van der Waals surface area contributed by atoms with Crippen LogP contribution in [0, 0.1) is 0 Å². The van der Waals surface area contributed by atoms with Gasteiger partial charge in [-0.2, -0.15) is 5.10 Å². The van der Waals surface area contributed by atoms with Crippen LogP contribution in [0.4, 0.5) is 5.69 Å². The lowest BCUT2D eigenvalue weighted by Crippen LogP contribution is -2.37. The Balaban J connectivity index is 2.04. The van der Waals surface area contributed by atoms with Gasteiger partial charge in [-0.1, -0.05) is 56.0 Å². The summed E-state index contributed by atoms with van der Waals surface area (Å²) in [6.45, 7) is 10.1. The molecule has 0 bridgehead atoms. The Morgan fingerprint density at radius 2 is 1.80 bits per heavy atom. The third-order valence-corrected chi connectivity index (χ3v) is 5.61. The van der Waals surface area contributed by atoms with E-state index in [1.807, 2.05) is 11.7 Å². The molecular formula is C16H25N3Si. The first-order chi connectivity index (χ1) is 9.40. The first-order valence-electron chi connectivity index (χ1n) is 7.26. The zero-order valence-corrected chi connectivity index (χ0v) is 14.2. The molecule has 1 N–H and O–H groups in total. The molecule has 2 rings (SSSR count). The summed E-state index contributed by atoms with van der Waals surface area (Å²) in [5, 5.41) is 9.45. The molecule has 108 valence electrons. The maximum atomic E-state index is 4.45. The van der Waals surface area contributed by atoms with E-state index in [0.717, 1.165) is 24.3 Å². The van der Waals surface area contributed by atoms with Crippen LogP contribution >= 0.6 is 0 Å². The molecule has 20 heavy (non-hydrogen) atoms. The molecule has 0 radical (unpaired) electrons. The zero-order valence-electron chi connectivity index (χ0n) is 13.2. The molecule has 0 amide bonds. The van der Waals surface area contributed by atoms with Gasteiger partial charge in [0, 0.05) is 19.8 Å². The average molecular weight is 287 g/mol. The van der Waals surface area contributed by atoms with E-state index in [4.69, 9.17) is 0 Å². The predicted octanol–water partition coefficient (Wildman–Crippen LogP) is 3.14. The van der Waals surface area contributed by atoms with Crippen LogP contribution in [0.25, 0.3) is 0 Å². The number of aromatic nitrogens is 2. The number of benzene rings is 1. The number of nitrogens with one attached hydrogen (secondary N) is 1. The molecule has 0 fully saturated rings. The van der Waals surface area contributed by atoms with Crippen LogP contribution < -0.4 is 10.5 Å². The molecule has 0 saturated heterocycles. The van der Waals surface area contributed by atoms with Crippen molar-refractivity contribution in [3.63, 3.8) is 0 Å². The fourth-order valence-electron chi connectivity index (χ4n) is 2.26. The largest absolute Gasteiger partial charge is 0.378 e. The van der Waals surface area contributed by atoms with Crippen molar-refractivity contribution in [3.05, 3.63) is 41.7 Å². The number of hydrogen-bond donors (Lipinski definition) is 1. The van der Waals surface area contributed by atoms with Crippen molar-refractivity contribution >= 4 is 18.9 Å². The highest BCUT2D eigenvalue weighted by molar-refractivity contribution is 6.88. The maximum absolute atomic E-state index is 4.45. The van der Waals surface area contributed by atoms with Gasteiger partial charge in [0.05, 0.1) is 19.5 Å². The Kier molecular flexibility index (Phi) is 4.33. The highest BCUT2D eigenvalue weighted by atomic mass is 28.3. The Morgan fingerprint density at radius 3 is 2.35 bits per heavy atom. The van der Waals surface area contributed by atoms with Gasteiger partial charge in [0.1, 0.15) is 0 Å². The molecule has 0 aliphatic rings. The molecule has 0 saturated carbocycles. The van der Waals surface area contributed by atoms with Gasteiger partial charge < -0.3 is 5.32 Å². The van der Waals surface area contributed by atoms with Gasteiger partial charge in [-0.15, -0.1) is 0 Å². The summed E-state index contributed by atoms with van der Waals surface area (Å²) in [4.78, 5) is 0. The summed E-state index contributed by atoms with van der Waals surface area (Å²) in [6, 6.07) is 9.05. The monoisotopic (exact) mass is 287 g/mol. The van der Waals surface area contributed by atoms with Gasteiger partial charge in [-0.05, 0) is 12.0 Å². The standard InChI is InChI=1S/C16H25N3Si/c1-6-15-16(12-19(2)18-15)17-11-13-7-9-14(10-8-13)20(3,4)5/h7-10,12,17H,6,11H2,1-5H3. The molecule has 0 atom stereocenters. The van der Waals surface area contributed by atoms with E-state index in [0.29, 0.717) is 0 Å². The molecule has 0 aliphatic carbocycles. The molecule has 1 heterocycles. The Labute approximate surface area is 123 Å². The highest BCUT2D eigenvalue weighted by Crippen LogP contribution is 2.15. The third-order valence-electron chi connectivity index (χ3n) is 3.54. The van der Waals surface area contributed by atoms with Crippen LogP contribution in [0.15, 0.2) is 30.5 Å². The van der Waals surface area contributed by atoms with Crippen LogP contribution in [0.3, 0.4) is 0 Å². The van der Waals surface area contributed by atoms with Crippen LogP contribution in [0.5, 0.6) is 0 Å². The quantitative estimate of drug-likeness (QED) is 0.856. The predicted molar refractivity (Wildman–Crippen MR) is 89.3 cm³/mol. The van der Waals surface area contributed by atoms with Gasteiger partial charge in [0.2, 0.25) is 0 Å². The summed E-state index contributed by atoms with van der Waals surface area (Å²) in [7, 11) is 0.777. The Hall–Kier alpha value is -1.55. The number of anilines is 1. The van der Waals surface area contributed by atoms with Crippen LogP contribution in [-0.2, 0) is 20.0 Å². The van der Waals surface area contributed by atoms with Crippen LogP contribution in [0.2, 0.25) is 19.6 Å². The first-order valence-corrected chi connectivity index (χ1v) is 10.8. The molecule has 3 nitrogen and oxygen atoms in total. The molecule has 0 unspecified atom stereocenters. The third kappa shape index (κ3) is 3.51. The summed E-state index contributed by atoms with van der Waals surface area (Å²) in [5.74, 6) is 0. The van der Waals surface area contributed by atoms with E-state index >= 15 is 0 Å². The van der Waals surface area contributed by atoms with E-state index in [-0.39, 0.29) is 0 Å². The van der Waals surface area contributed by atoms with Gasteiger partial charge in [-0.3, -0.25) is 4.68 Å². The molecule has 2 aromatic rings. The summed E-state index contributed by atoms with van der Waals surface area (Å²) in [6.07, 6.45) is 3.01. The van der Waals surface area contributed by atoms with E-state index in [2.05, 4.69) is 67.4 Å². The molecular weight excluding hydrogens is 262 g/mol. The zero-order chi connectivity index (χ0) is 14.8. The normalized spacial score (nSPS) is 11.7. The lowest BCUT2D eigenvalue weighted by atomic mass is 10.2. The van der Waals surface area contributed by atoms with Crippen molar-refractivity contribution in [2.75, 3.05) is 5.32 Å². The molecule has 4 heteroatoms. The van der Waals surface area contributed by atoms with Crippen molar-refractivity contribution in [2.24, 2.45) is 7.05 Å². The lowest BCUT2D eigenvalue weighted by Gasteiger charge is -2.17. The van der Waals surface area contributed by atoms with Crippen LogP contribution in [0.1, 0.15) is 18.2 Å². The topological polar surface area (TPSA) is 29.9 Å². The second kappa shape index (κ2) is 5.83. The summed E-state index contributed by atoms with van der Waals surface area (Å²) >= 11 is 0. The Morgan fingerprint density at radius 1 is 1.15 bits per heavy atom. The molecule has 1 aromatic heterocycles. The average Bonchev–Trinajstić information content (AvgIpc) is 2.76. The maximum Gasteiger partial charge on any atom is 0.0853 e. The molecule has 1 aromatic carbocycles. The Bertz CT molecular complexity index is 564. The van der Waals surface area contributed by atoms with Crippen molar-refractivity contribution in [2.45, 2.75) is 39.5 Å². The smallest absolute Gasteiger partial charge is 0.0853 e. The fourth-order valence-corrected chi connectivity index (χ4v) is 3.43. The van der Waals surface area contributed by atoms with Crippen molar-refractivity contribution in [3.8, 4) is 0 Å².